The van der Waals surface area contributed by atoms with Crippen molar-refractivity contribution in [3.05, 3.63) is 52.8 Å². The maximum atomic E-state index is 13.7. The summed E-state index contributed by atoms with van der Waals surface area (Å²) in [4.78, 5) is 23.0. The minimum atomic E-state index is -3.41. The Balaban J connectivity index is 1.49. The number of hydrogen-bond donors (Lipinski definition) is 0. The number of carbonyl (C=O) groups is 1. The number of nitrogens with zero attached hydrogens (tertiary/aromatic N) is 5. The van der Waals surface area contributed by atoms with Gasteiger partial charge in [0.15, 0.2) is 15.5 Å². The van der Waals surface area contributed by atoms with Crippen LogP contribution in [-0.4, -0.2) is 59.7 Å². The Bertz CT molecular complexity index is 1400. The molecule has 0 spiro atoms. The number of anilines is 1. The zero-order chi connectivity index (χ0) is 24.9. The van der Waals surface area contributed by atoms with Crippen molar-refractivity contribution >= 4 is 27.2 Å². The van der Waals surface area contributed by atoms with E-state index in [1.54, 1.807) is 12.1 Å². The molecule has 0 saturated carbocycles. The second-order valence-corrected chi connectivity index (χ2v) is 12.2. The molecular formula is C26H33N5O3S. The summed E-state index contributed by atoms with van der Waals surface area (Å²) in [7, 11) is -3.41. The zero-order valence-electron chi connectivity index (χ0n) is 20.9. The van der Waals surface area contributed by atoms with Gasteiger partial charge >= 0.3 is 0 Å². The molecule has 0 aliphatic carbocycles. The van der Waals surface area contributed by atoms with E-state index in [4.69, 9.17) is 10.1 Å². The third-order valence-electron chi connectivity index (χ3n) is 7.32. The number of likely N-dealkylation sites (tertiary alicyclic amines) is 1. The van der Waals surface area contributed by atoms with Crippen molar-refractivity contribution in [2.24, 2.45) is 5.92 Å². The molecule has 2 fully saturated rings. The topological polar surface area (TPSA) is 87.9 Å². The van der Waals surface area contributed by atoms with Crippen molar-refractivity contribution in [2.75, 3.05) is 30.8 Å². The van der Waals surface area contributed by atoms with E-state index in [0.29, 0.717) is 18.0 Å². The van der Waals surface area contributed by atoms with Gasteiger partial charge in [-0.05, 0) is 63.1 Å². The van der Waals surface area contributed by atoms with E-state index in [9.17, 15) is 13.2 Å². The second-order valence-electron chi connectivity index (χ2n) is 10.2. The number of hydrogen-bond acceptors (Lipinski definition) is 6. The summed E-state index contributed by atoms with van der Waals surface area (Å²) in [5.74, 6) is 1.53. The van der Waals surface area contributed by atoms with Gasteiger partial charge in [-0.25, -0.2) is 17.9 Å². The van der Waals surface area contributed by atoms with Gasteiger partial charge in [0.1, 0.15) is 5.82 Å². The molecule has 1 amide bonds. The molecule has 35 heavy (non-hydrogen) atoms. The number of rotatable bonds is 4. The normalized spacial score (nSPS) is 21.1. The quantitative estimate of drug-likeness (QED) is 0.544. The lowest BCUT2D eigenvalue weighted by Gasteiger charge is -2.35. The molecular weight excluding hydrogens is 462 g/mol. The fourth-order valence-electron chi connectivity index (χ4n) is 5.33. The smallest absolute Gasteiger partial charge is 0.254 e. The summed E-state index contributed by atoms with van der Waals surface area (Å²) in [5, 5.41) is 4.83. The first-order valence-corrected chi connectivity index (χ1v) is 14.2. The highest BCUT2D eigenvalue weighted by atomic mass is 32.2. The molecule has 0 bridgehead atoms. The van der Waals surface area contributed by atoms with Gasteiger partial charge in [-0.1, -0.05) is 13.0 Å². The monoisotopic (exact) mass is 495 g/mol. The molecule has 3 aromatic rings. The molecule has 2 aromatic heterocycles. The molecule has 4 heterocycles. The van der Waals surface area contributed by atoms with Crippen molar-refractivity contribution in [3.63, 3.8) is 0 Å². The maximum Gasteiger partial charge on any atom is 0.254 e. The number of aromatic nitrogens is 3. The highest BCUT2D eigenvalue weighted by Crippen LogP contribution is 2.33. The summed E-state index contributed by atoms with van der Waals surface area (Å²) in [6, 6.07) is 6.61. The zero-order valence-corrected chi connectivity index (χ0v) is 21.7. The number of aryl methyl sites for hydroxylation is 2. The van der Waals surface area contributed by atoms with Crippen molar-refractivity contribution < 1.29 is 13.2 Å². The second kappa shape index (κ2) is 8.93. The van der Waals surface area contributed by atoms with Crippen LogP contribution in [0.5, 0.6) is 0 Å². The van der Waals surface area contributed by atoms with Gasteiger partial charge in [-0.3, -0.25) is 4.79 Å². The highest BCUT2D eigenvalue weighted by Gasteiger charge is 2.32. The molecule has 186 valence electrons. The Kier molecular flexibility index (Phi) is 6.07. The van der Waals surface area contributed by atoms with Crippen LogP contribution in [0.2, 0.25) is 0 Å². The number of amides is 1. The predicted octanol–water partition coefficient (Wildman–Crippen LogP) is 3.96. The molecule has 1 aromatic carbocycles. The van der Waals surface area contributed by atoms with Gasteiger partial charge in [0, 0.05) is 49.3 Å². The van der Waals surface area contributed by atoms with Gasteiger partial charge in [-0.15, -0.1) is 0 Å². The van der Waals surface area contributed by atoms with Crippen LogP contribution in [0.1, 0.15) is 65.8 Å². The minimum Gasteiger partial charge on any atom is -0.356 e. The molecule has 5 rings (SSSR count). The fraction of sp³-hybridized carbons (Fsp3) is 0.500. The van der Waals surface area contributed by atoms with Crippen LogP contribution >= 0.6 is 0 Å². The Morgan fingerprint density at radius 3 is 2.57 bits per heavy atom. The van der Waals surface area contributed by atoms with Crippen molar-refractivity contribution in [1.82, 2.24) is 19.5 Å². The lowest BCUT2D eigenvalue weighted by atomic mass is 9.97. The Labute approximate surface area is 206 Å². The van der Waals surface area contributed by atoms with E-state index in [0.717, 1.165) is 60.6 Å². The largest absolute Gasteiger partial charge is 0.356 e. The van der Waals surface area contributed by atoms with Gasteiger partial charge in [0.25, 0.3) is 5.91 Å². The summed E-state index contributed by atoms with van der Waals surface area (Å²) in [6.07, 6.45) is 7.10. The molecule has 0 N–H and O–H groups in total. The average molecular weight is 496 g/mol. The molecule has 2 atom stereocenters. The van der Waals surface area contributed by atoms with Crippen LogP contribution < -0.4 is 4.90 Å². The Morgan fingerprint density at radius 2 is 1.86 bits per heavy atom. The van der Waals surface area contributed by atoms with E-state index in [-0.39, 0.29) is 16.8 Å². The predicted molar refractivity (Wildman–Crippen MR) is 136 cm³/mol. The third kappa shape index (κ3) is 4.53. The Morgan fingerprint density at radius 1 is 1.06 bits per heavy atom. The first kappa shape index (κ1) is 23.8. The van der Waals surface area contributed by atoms with E-state index in [1.807, 2.05) is 28.6 Å². The lowest BCUT2D eigenvalue weighted by molar-refractivity contribution is 0.0604. The summed E-state index contributed by atoms with van der Waals surface area (Å²) in [6.45, 7) is 8.83. The van der Waals surface area contributed by atoms with Crippen LogP contribution in [0, 0.1) is 19.8 Å². The first-order chi connectivity index (χ1) is 16.6. The van der Waals surface area contributed by atoms with Gasteiger partial charge < -0.3 is 9.80 Å². The third-order valence-corrected chi connectivity index (χ3v) is 8.43. The van der Waals surface area contributed by atoms with Gasteiger partial charge in [0.2, 0.25) is 0 Å². The summed E-state index contributed by atoms with van der Waals surface area (Å²) >= 11 is 0. The average Bonchev–Trinajstić information content (AvgIpc) is 3.43. The lowest BCUT2D eigenvalue weighted by Crippen LogP contribution is -2.39. The van der Waals surface area contributed by atoms with E-state index < -0.39 is 9.84 Å². The molecule has 2 saturated heterocycles. The molecule has 9 heteroatoms. The number of piperidine rings is 1. The van der Waals surface area contributed by atoms with E-state index in [1.165, 1.54) is 18.7 Å². The Hall–Kier alpha value is -2.94. The molecule has 0 unspecified atom stereocenters. The highest BCUT2D eigenvalue weighted by molar-refractivity contribution is 7.90. The van der Waals surface area contributed by atoms with Crippen molar-refractivity contribution in [1.29, 1.82) is 0 Å². The minimum absolute atomic E-state index is 0.148. The standard InChI is InChI=1S/C26H33N5O3S/c1-17-10-12-29(15-17)25-19(3)16-31-24(27-25)14-22(28-31)23-7-5-6-11-30(23)26(32)21-13-20(35(4,33)34)9-8-18(21)2/h8-9,13-14,16-17,23H,5-7,10-12,15H2,1-4H3/t17-,23-/m0/s1. The van der Waals surface area contributed by atoms with Gasteiger partial charge in [0.05, 0.1) is 16.6 Å². The SMILES string of the molecule is Cc1ccc(S(C)(=O)=O)cc1C(=O)N1CCCC[C@H]1c1cc2nc(N3CC[C@H](C)C3)c(C)cn2n1. The van der Waals surface area contributed by atoms with Crippen LogP contribution in [-0.2, 0) is 9.84 Å². The fourth-order valence-corrected chi connectivity index (χ4v) is 5.98. The van der Waals surface area contributed by atoms with Gasteiger partial charge in [-0.2, -0.15) is 5.10 Å². The number of fused-ring (bicyclic) bond motifs is 1. The molecule has 0 radical (unpaired) electrons. The number of sulfone groups is 1. The van der Waals surface area contributed by atoms with E-state index in [2.05, 4.69) is 18.7 Å². The van der Waals surface area contributed by atoms with Crippen molar-refractivity contribution in [3.8, 4) is 0 Å². The van der Waals surface area contributed by atoms with Crippen LogP contribution in [0.4, 0.5) is 5.82 Å². The number of carbonyl (C=O) groups excluding carboxylic acids is 1. The van der Waals surface area contributed by atoms with E-state index >= 15 is 0 Å². The van der Waals surface area contributed by atoms with Crippen LogP contribution in [0.25, 0.3) is 5.65 Å². The number of benzene rings is 1. The van der Waals surface area contributed by atoms with Crippen LogP contribution in [0.15, 0.2) is 35.4 Å². The van der Waals surface area contributed by atoms with Crippen molar-refractivity contribution in [2.45, 2.75) is 57.4 Å². The van der Waals surface area contributed by atoms with Crippen LogP contribution in [0.3, 0.4) is 0 Å². The molecule has 2 aliphatic rings. The molecule has 8 nitrogen and oxygen atoms in total. The summed E-state index contributed by atoms with van der Waals surface area (Å²) in [5.41, 5.74) is 3.90. The maximum absolute atomic E-state index is 13.7. The molecule has 2 aliphatic heterocycles. The summed E-state index contributed by atoms with van der Waals surface area (Å²) < 4.78 is 26.0. The first-order valence-electron chi connectivity index (χ1n) is 12.4.